The molecule has 1 aromatic carbocycles. The Labute approximate surface area is 150 Å². The number of anilines is 2. The van der Waals surface area contributed by atoms with Gasteiger partial charge in [-0.05, 0) is 36.6 Å². The van der Waals surface area contributed by atoms with Crippen LogP contribution in [0.25, 0.3) is 0 Å². The number of aromatic nitrogens is 1. The van der Waals surface area contributed by atoms with Crippen LogP contribution < -0.4 is 16.2 Å². The number of urea groups is 1. The molecule has 3 heterocycles. The number of piperidine rings is 1. The van der Waals surface area contributed by atoms with Crippen LogP contribution in [0, 0.1) is 5.92 Å². The van der Waals surface area contributed by atoms with Crippen molar-refractivity contribution in [2.75, 3.05) is 24.2 Å². The SMILES string of the molecule is CN1C[C@@H]2C[C@H](C1=O)c1ccc(NC(=O)Nc3ccccc3)c(=O)n1C2. The highest BCUT2D eigenvalue weighted by molar-refractivity contribution is 5.99. The van der Waals surface area contributed by atoms with Gasteiger partial charge in [-0.2, -0.15) is 0 Å². The molecule has 26 heavy (non-hydrogen) atoms. The number of rotatable bonds is 2. The summed E-state index contributed by atoms with van der Waals surface area (Å²) in [6.07, 6.45) is 0.782. The maximum Gasteiger partial charge on any atom is 0.323 e. The summed E-state index contributed by atoms with van der Waals surface area (Å²) in [5, 5.41) is 5.31. The molecule has 0 radical (unpaired) electrons. The van der Waals surface area contributed by atoms with Crippen molar-refractivity contribution in [3.8, 4) is 0 Å². The van der Waals surface area contributed by atoms with Crippen LogP contribution in [0.5, 0.6) is 0 Å². The number of carbonyl (C=O) groups excluding carboxylic acids is 2. The van der Waals surface area contributed by atoms with E-state index in [0.29, 0.717) is 18.8 Å². The lowest BCUT2D eigenvalue weighted by atomic mass is 9.82. The van der Waals surface area contributed by atoms with Crippen molar-refractivity contribution < 1.29 is 9.59 Å². The second kappa shape index (κ2) is 6.33. The van der Waals surface area contributed by atoms with Crippen LogP contribution in [0.15, 0.2) is 47.3 Å². The number of para-hydroxylation sites is 1. The largest absolute Gasteiger partial charge is 0.345 e. The summed E-state index contributed by atoms with van der Waals surface area (Å²) in [6, 6.07) is 11.9. The number of likely N-dealkylation sites (N-methyl/N-ethyl adjacent to an activating group) is 1. The van der Waals surface area contributed by atoms with Crippen LogP contribution in [-0.4, -0.2) is 35.0 Å². The molecule has 2 aliphatic rings. The summed E-state index contributed by atoms with van der Waals surface area (Å²) in [5.74, 6) is 0.0466. The zero-order valence-corrected chi connectivity index (χ0v) is 14.4. The Morgan fingerprint density at radius 2 is 1.81 bits per heavy atom. The molecule has 0 saturated carbocycles. The van der Waals surface area contributed by atoms with Crippen molar-refractivity contribution in [1.29, 1.82) is 0 Å². The van der Waals surface area contributed by atoms with Gasteiger partial charge in [-0.25, -0.2) is 4.79 Å². The minimum absolute atomic E-state index is 0.0524. The van der Waals surface area contributed by atoms with Gasteiger partial charge in [-0.15, -0.1) is 0 Å². The maximum absolute atomic E-state index is 12.8. The zero-order chi connectivity index (χ0) is 18.3. The molecule has 1 fully saturated rings. The molecule has 3 amide bonds. The van der Waals surface area contributed by atoms with Crippen LogP contribution in [-0.2, 0) is 11.3 Å². The van der Waals surface area contributed by atoms with Crippen LogP contribution in [0.3, 0.4) is 0 Å². The Kier molecular flexibility index (Phi) is 3.99. The van der Waals surface area contributed by atoms with Gasteiger partial charge >= 0.3 is 6.03 Å². The molecule has 0 spiro atoms. The number of hydrogen-bond acceptors (Lipinski definition) is 3. The monoisotopic (exact) mass is 352 g/mol. The van der Waals surface area contributed by atoms with Gasteiger partial charge in [0, 0.05) is 31.5 Å². The summed E-state index contributed by atoms with van der Waals surface area (Å²) in [5.41, 5.74) is 1.32. The van der Waals surface area contributed by atoms with Crippen molar-refractivity contribution in [2.24, 2.45) is 5.92 Å². The molecular weight excluding hydrogens is 332 g/mol. The van der Waals surface area contributed by atoms with Gasteiger partial charge in [0.25, 0.3) is 5.56 Å². The number of carbonyl (C=O) groups is 2. The molecule has 0 unspecified atom stereocenters. The smallest absolute Gasteiger partial charge is 0.323 e. The Morgan fingerprint density at radius 1 is 1.04 bits per heavy atom. The summed E-state index contributed by atoms with van der Waals surface area (Å²) in [4.78, 5) is 39.1. The van der Waals surface area contributed by atoms with E-state index in [0.717, 1.165) is 12.1 Å². The molecular formula is C19H20N4O3. The van der Waals surface area contributed by atoms with Gasteiger partial charge in [-0.3, -0.25) is 9.59 Å². The number of amides is 3. The van der Waals surface area contributed by atoms with Crippen LogP contribution >= 0.6 is 0 Å². The van der Waals surface area contributed by atoms with Gasteiger partial charge in [0.1, 0.15) is 5.69 Å². The van der Waals surface area contributed by atoms with Gasteiger partial charge in [0.2, 0.25) is 5.91 Å². The van der Waals surface area contributed by atoms with E-state index < -0.39 is 6.03 Å². The molecule has 2 N–H and O–H groups in total. The summed E-state index contributed by atoms with van der Waals surface area (Å²) >= 11 is 0. The van der Waals surface area contributed by atoms with E-state index in [2.05, 4.69) is 10.6 Å². The fourth-order valence-corrected chi connectivity index (χ4v) is 3.88. The second-order valence-corrected chi connectivity index (χ2v) is 6.91. The van der Waals surface area contributed by atoms with Crippen LogP contribution in [0.2, 0.25) is 0 Å². The highest BCUT2D eigenvalue weighted by Gasteiger charge is 2.39. The number of hydrogen-bond donors (Lipinski definition) is 2. The molecule has 134 valence electrons. The summed E-state index contributed by atoms with van der Waals surface area (Å²) in [7, 11) is 1.80. The highest BCUT2D eigenvalue weighted by atomic mass is 16.2. The number of fused-ring (bicyclic) bond motifs is 4. The van der Waals surface area contributed by atoms with E-state index in [4.69, 9.17) is 0 Å². The molecule has 2 bridgehead atoms. The first-order valence-corrected chi connectivity index (χ1v) is 8.64. The number of pyridine rings is 1. The zero-order valence-electron chi connectivity index (χ0n) is 14.4. The maximum atomic E-state index is 12.8. The fraction of sp³-hybridized carbons (Fsp3) is 0.316. The van der Waals surface area contributed by atoms with Crippen molar-refractivity contribution in [2.45, 2.75) is 18.9 Å². The first-order valence-electron chi connectivity index (χ1n) is 8.64. The second-order valence-electron chi connectivity index (χ2n) is 6.91. The van der Waals surface area contributed by atoms with Gasteiger partial charge < -0.3 is 20.1 Å². The first kappa shape index (κ1) is 16.4. The van der Waals surface area contributed by atoms with Crippen molar-refractivity contribution in [1.82, 2.24) is 9.47 Å². The standard InChI is InChI=1S/C19H20N4O3/c1-22-10-12-9-14(17(22)24)16-8-7-15(18(25)23(16)11-12)21-19(26)20-13-5-3-2-4-6-13/h2-8,12,14H,9-11H2,1H3,(H2,20,21,26)/t12-,14-/m0/s1. The van der Waals surface area contributed by atoms with E-state index >= 15 is 0 Å². The Bertz CT molecular complexity index is 922. The molecule has 4 rings (SSSR count). The van der Waals surface area contributed by atoms with E-state index in [9.17, 15) is 14.4 Å². The predicted molar refractivity (Wildman–Crippen MR) is 98.3 cm³/mol. The third-order valence-electron chi connectivity index (χ3n) is 5.06. The van der Waals surface area contributed by atoms with E-state index in [1.807, 2.05) is 18.2 Å². The average molecular weight is 352 g/mol. The predicted octanol–water partition coefficient (Wildman–Crippen LogP) is 2.07. The Morgan fingerprint density at radius 3 is 2.58 bits per heavy atom. The normalized spacial score (nSPS) is 21.1. The van der Waals surface area contributed by atoms with Gasteiger partial charge in [-0.1, -0.05) is 18.2 Å². The van der Waals surface area contributed by atoms with Crippen molar-refractivity contribution in [3.63, 3.8) is 0 Å². The van der Waals surface area contributed by atoms with Gasteiger partial charge in [0.05, 0.1) is 5.92 Å². The van der Waals surface area contributed by atoms with Crippen LogP contribution in [0.1, 0.15) is 18.0 Å². The first-order chi connectivity index (χ1) is 12.5. The molecule has 1 aromatic heterocycles. The molecule has 1 saturated heterocycles. The van der Waals surface area contributed by atoms with Crippen molar-refractivity contribution in [3.05, 3.63) is 58.5 Å². The fourth-order valence-electron chi connectivity index (χ4n) is 3.88. The number of likely N-dealkylation sites (tertiary alicyclic amines) is 1. The Balaban J connectivity index is 1.59. The minimum atomic E-state index is -0.472. The topological polar surface area (TPSA) is 83.4 Å². The van der Waals surface area contributed by atoms with Crippen LogP contribution in [0.4, 0.5) is 16.2 Å². The van der Waals surface area contributed by atoms with E-state index in [1.54, 1.807) is 40.8 Å². The van der Waals surface area contributed by atoms with Crippen molar-refractivity contribution >= 4 is 23.3 Å². The third kappa shape index (κ3) is 2.85. The average Bonchev–Trinajstić information content (AvgIpc) is 2.63. The summed E-state index contributed by atoms with van der Waals surface area (Å²) in [6.45, 7) is 1.23. The Hall–Kier alpha value is -3.09. The lowest BCUT2D eigenvalue weighted by Crippen LogP contribution is -2.49. The lowest BCUT2D eigenvalue weighted by Gasteiger charge is -2.40. The third-order valence-corrected chi connectivity index (χ3v) is 5.06. The van der Waals surface area contributed by atoms with E-state index in [1.165, 1.54) is 0 Å². The molecule has 7 heteroatoms. The molecule has 2 aliphatic heterocycles. The number of nitrogens with one attached hydrogen (secondary N) is 2. The molecule has 2 aromatic rings. The minimum Gasteiger partial charge on any atom is -0.345 e. The quantitative estimate of drug-likeness (QED) is 0.868. The number of benzene rings is 1. The molecule has 2 atom stereocenters. The van der Waals surface area contributed by atoms with E-state index in [-0.39, 0.29) is 29.0 Å². The highest BCUT2D eigenvalue weighted by Crippen LogP contribution is 2.35. The molecule has 0 aliphatic carbocycles. The summed E-state index contributed by atoms with van der Waals surface area (Å²) < 4.78 is 1.64. The molecule has 7 nitrogen and oxygen atoms in total. The number of nitrogens with zero attached hydrogens (tertiary/aromatic N) is 2. The van der Waals surface area contributed by atoms with Gasteiger partial charge in [0.15, 0.2) is 0 Å². The lowest BCUT2D eigenvalue weighted by molar-refractivity contribution is -0.136.